The topological polar surface area (TPSA) is 54.9 Å². The van der Waals surface area contributed by atoms with E-state index in [4.69, 9.17) is 11.6 Å². The second-order valence-corrected chi connectivity index (χ2v) is 8.41. The van der Waals surface area contributed by atoms with E-state index in [1.165, 1.54) is 11.3 Å². The van der Waals surface area contributed by atoms with Gasteiger partial charge in [-0.15, -0.1) is 10.2 Å². The zero-order valence-electron chi connectivity index (χ0n) is 14.1. The Morgan fingerprint density at radius 2 is 1.85 bits per heavy atom. The lowest BCUT2D eigenvalue weighted by Gasteiger charge is -2.05. The number of aromatic nitrogens is 2. The molecular weight excluding hydrogens is 398 g/mol. The molecule has 4 aromatic rings. The monoisotopic (exact) mass is 411 g/mol. The number of rotatable bonds is 5. The first-order chi connectivity index (χ1) is 13.2. The van der Waals surface area contributed by atoms with Gasteiger partial charge in [0.1, 0.15) is 0 Å². The first-order valence-electron chi connectivity index (χ1n) is 8.19. The van der Waals surface area contributed by atoms with Gasteiger partial charge in [0.05, 0.1) is 0 Å². The minimum atomic E-state index is -0.186. The second-order valence-electron chi connectivity index (χ2n) is 5.77. The van der Waals surface area contributed by atoms with Crippen molar-refractivity contribution in [2.24, 2.45) is 0 Å². The fourth-order valence-corrected chi connectivity index (χ4v) is 4.58. The minimum absolute atomic E-state index is 0.186. The molecule has 0 spiro atoms. The number of halogens is 1. The highest BCUT2D eigenvalue weighted by molar-refractivity contribution is 8.00. The maximum Gasteiger partial charge on any atom is 0.258 e. The third kappa shape index (κ3) is 4.30. The Morgan fingerprint density at radius 3 is 2.74 bits per heavy atom. The smallest absolute Gasteiger partial charge is 0.258 e. The van der Waals surface area contributed by atoms with Crippen LogP contribution in [0.15, 0.2) is 71.1 Å². The molecule has 1 N–H and O–H groups in total. The molecular formula is C20H14ClN3OS2. The number of hydrogen-bond donors (Lipinski definition) is 1. The first kappa shape index (κ1) is 18.0. The summed E-state index contributed by atoms with van der Waals surface area (Å²) in [4.78, 5) is 12.7. The van der Waals surface area contributed by atoms with Crippen molar-refractivity contribution < 1.29 is 4.79 Å². The zero-order valence-corrected chi connectivity index (χ0v) is 16.4. The van der Waals surface area contributed by atoms with Crippen molar-refractivity contribution in [2.45, 2.75) is 10.1 Å². The number of hydrogen-bond acceptors (Lipinski definition) is 5. The summed E-state index contributed by atoms with van der Waals surface area (Å²) in [6.07, 6.45) is 0. The Kier molecular flexibility index (Phi) is 5.38. The van der Waals surface area contributed by atoms with Gasteiger partial charge in [0.25, 0.3) is 5.91 Å². The van der Waals surface area contributed by atoms with Crippen LogP contribution in [0.3, 0.4) is 0 Å². The molecule has 0 saturated carbocycles. The normalized spacial score (nSPS) is 10.9. The van der Waals surface area contributed by atoms with E-state index in [1.807, 2.05) is 66.7 Å². The number of carbonyl (C=O) groups is 1. The SMILES string of the molecule is O=C(Nc1nnc(SCc2cccc(Cl)c2)s1)c1cccc2ccccc12. The predicted molar refractivity (Wildman–Crippen MR) is 113 cm³/mol. The highest BCUT2D eigenvalue weighted by atomic mass is 35.5. The number of fused-ring (bicyclic) bond motifs is 1. The fraction of sp³-hybridized carbons (Fsp3) is 0.0500. The lowest BCUT2D eigenvalue weighted by atomic mass is 10.0. The van der Waals surface area contributed by atoms with Crippen LogP contribution in [-0.4, -0.2) is 16.1 Å². The van der Waals surface area contributed by atoms with Gasteiger partial charge in [-0.2, -0.15) is 0 Å². The molecule has 4 rings (SSSR count). The average molecular weight is 412 g/mol. The summed E-state index contributed by atoms with van der Waals surface area (Å²) in [5, 5.41) is 14.2. The van der Waals surface area contributed by atoms with E-state index in [-0.39, 0.29) is 5.91 Å². The van der Waals surface area contributed by atoms with Crippen LogP contribution in [0.25, 0.3) is 10.8 Å². The molecule has 27 heavy (non-hydrogen) atoms. The molecule has 0 radical (unpaired) electrons. The van der Waals surface area contributed by atoms with E-state index in [9.17, 15) is 4.79 Å². The van der Waals surface area contributed by atoms with Crippen LogP contribution in [0.2, 0.25) is 5.02 Å². The Morgan fingerprint density at radius 1 is 1.04 bits per heavy atom. The van der Waals surface area contributed by atoms with Crippen molar-refractivity contribution in [3.63, 3.8) is 0 Å². The van der Waals surface area contributed by atoms with Gasteiger partial charge in [-0.05, 0) is 34.5 Å². The molecule has 4 nitrogen and oxygen atoms in total. The molecule has 0 aliphatic carbocycles. The van der Waals surface area contributed by atoms with Gasteiger partial charge in [0.15, 0.2) is 4.34 Å². The van der Waals surface area contributed by atoms with Crippen LogP contribution in [0.5, 0.6) is 0 Å². The molecule has 0 bridgehead atoms. The Hall–Kier alpha value is -2.41. The average Bonchev–Trinajstić information content (AvgIpc) is 3.13. The van der Waals surface area contributed by atoms with Gasteiger partial charge in [0, 0.05) is 16.3 Å². The largest absolute Gasteiger partial charge is 0.296 e. The van der Waals surface area contributed by atoms with Gasteiger partial charge in [-0.25, -0.2) is 0 Å². The number of thioether (sulfide) groups is 1. The standard InChI is InChI=1S/C20H14ClN3OS2/c21-15-8-3-5-13(11-15)12-26-20-24-23-19(27-20)22-18(25)17-10-4-7-14-6-1-2-9-16(14)17/h1-11H,12H2,(H,22,23,25). The molecule has 0 saturated heterocycles. The molecule has 3 aromatic carbocycles. The molecule has 7 heteroatoms. The van der Waals surface area contributed by atoms with Crippen molar-refractivity contribution in [1.29, 1.82) is 0 Å². The van der Waals surface area contributed by atoms with Crippen LogP contribution in [-0.2, 0) is 5.75 Å². The predicted octanol–water partition coefficient (Wildman–Crippen LogP) is 5.89. The number of anilines is 1. The molecule has 0 atom stereocenters. The van der Waals surface area contributed by atoms with Gasteiger partial charge in [-0.3, -0.25) is 10.1 Å². The maximum absolute atomic E-state index is 12.7. The number of benzene rings is 3. The van der Waals surface area contributed by atoms with Crippen LogP contribution in [0, 0.1) is 0 Å². The molecule has 0 unspecified atom stereocenters. The van der Waals surface area contributed by atoms with Gasteiger partial charge < -0.3 is 0 Å². The number of carbonyl (C=O) groups excluding carboxylic acids is 1. The van der Waals surface area contributed by atoms with Crippen molar-refractivity contribution in [2.75, 3.05) is 5.32 Å². The number of amides is 1. The Labute approximate surface area is 169 Å². The lowest BCUT2D eigenvalue weighted by molar-refractivity contribution is 0.102. The van der Waals surface area contributed by atoms with E-state index in [0.717, 1.165) is 26.4 Å². The highest BCUT2D eigenvalue weighted by Gasteiger charge is 2.13. The molecule has 1 heterocycles. The van der Waals surface area contributed by atoms with Crippen LogP contribution < -0.4 is 5.32 Å². The van der Waals surface area contributed by atoms with Gasteiger partial charge >= 0.3 is 0 Å². The summed E-state index contributed by atoms with van der Waals surface area (Å²) in [7, 11) is 0. The fourth-order valence-electron chi connectivity index (χ4n) is 2.68. The van der Waals surface area contributed by atoms with Crippen molar-refractivity contribution in [1.82, 2.24) is 10.2 Å². The minimum Gasteiger partial charge on any atom is -0.296 e. The summed E-state index contributed by atoms with van der Waals surface area (Å²) in [5.41, 5.74) is 1.74. The van der Waals surface area contributed by atoms with Crippen LogP contribution >= 0.6 is 34.7 Å². The van der Waals surface area contributed by atoms with Gasteiger partial charge in [-0.1, -0.05) is 83.2 Å². The van der Waals surface area contributed by atoms with Crippen molar-refractivity contribution >= 4 is 56.5 Å². The summed E-state index contributed by atoms with van der Waals surface area (Å²) >= 11 is 8.93. The number of nitrogens with zero attached hydrogens (tertiary/aromatic N) is 2. The third-order valence-corrected chi connectivity index (χ3v) is 6.19. The zero-order chi connectivity index (χ0) is 18.6. The van der Waals surface area contributed by atoms with E-state index in [2.05, 4.69) is 15.5 Å². The maximum atomic E-state index is 12.7. The van der Waals surface area contributed by atoms with Crippen molar-refractivity contribution in [3.8, 4) is 0 Å². The van der Waals surface area contributed by atoms with E-state index in [1.54, 1.807) is 11.8 Å². The number of nitrogens with one attached hydrogen (secondary N) is 1. The van der Waals surface area contributed by atoms with Gasteiger partial charge in [0.2, 0.25) is 5.13 Å². The Bertz CT molecular complexity index is 1110. The summed E-state index contributed by atoms with van der Waals surface area (Å²) in [6, 6.07) is 21.2. The molecule has 134 valence electrons. The quantitative estimate of drug-likeness (QED) is 0.328. The summed E-state index contributed by atoms with van der Waals surface area (Å²) < 4.78 is 0.795. The molecule has 0 aliphatic rings. The molecule has 0 fully saturated rings. The molecule has 1 aromatic heterocycles. The molecule has 0 aliphatic heterocycles. The third-order valence-electron chi connectivity index (χ3n) is 3.91. The van der Waals surface area contributed by atoms with E-state index >= 15 is 0 Å². The Balaban J connectivity index is 1.45. The lowest BCUT2D eigenvalue weighted by Crippen LogP contribution is -2.12. The van der Waals surface area contributed by atoms with Crippen LogP contribution in [0.4, 0.5) is 5.13 Å². The second kappa shape index (κ2) is 8.08. The first-order valence-corrected chi connectivity index (χ1v) is 10.4. The van der Waals surface area contributed by atoms with Crippen LogP contribution in [0.1, 0.15) is 15.9 Å². The van der Waals surface area contributed by atoms with E-state index in [0.29, 0.717) is 15.7 Å². The van der Waals surface area contributed by atoms with Crippen molar-refractivity contribution in [3.05, 3.63) is 82.9 Å². The summed E-state index contributed by atoms with van der Waals surface area (Å²) in [5.74, 6) is 0.557. The molecule has 1 amide bonds. The highest BCUT2D eigenvalue weighted by Crippen LogP contribution is 2.29. The van der Waals surface area contributed by atoms with E-state index < -0.39 is 0 Å². The summed E-state index contributed by atoms with van der Waals surface area (Å²) in [6.45, 7) is 0.